The van der Waals surface area contributed by atoms with Gasteiger partial charge in [0.15, 0.2) is 5.78 Å². The maximum absolute atomic E-state index is 13.6. The third-order valence-corrected chi connectivity index (χ3v) is 5.70. The van der Waals surface area contributed by atoms with Crippen molar-refractivity contribution in [2.75, 3.05) is 7.11 Å². The monoisotopic (exact) mass is 476 g/mol. The second-order valence-corrected chi connectivity index (χ2v) is 7.80. The molecule has 1 heterocycles. The lowest BCUT2D eigenvalue weighted by atomic mass is 9.92. The van der Waals surface area contributed by atoms with E-state index in [1.165, 1.54) is 37.4 Å². The van der Waals surface area contributed by atoms with Crippen LogP contribution in [-0.4, -0.2) is 34.6 Å². The molecule has 0 aliphatic heterocycles. The molecule has 0 N–H and O–H groups in total. The molecule has 4 rings (SSSR count). The Morgan fingerprint density at radius 3 is 2.42 bits per heavy atom. The normalized spacial score (nSPS) is 13.5. The first-order valence-corrected chi connectivity index (χ1v) is 10.3. The molecular formula is C23H16ClF3N2O4. The standard InChI is InChI=1S/C23H16ClF3N2O4/c1-33-22(32)13-10-8-12(9-11-13)20-19-16(6-3-7-17(19)30)29(28-20)21(31)18-14(23(25,26)27)4-2-5-15(18)24/h2,4-5,8-11H,3,6-7H2,1H3. The Labute approximate surface area is 190 Å². The van der Waals surface area contributed by atoms with Gasteiger partial charge in [-0.2, -0.15) is 23.0 Å². The lowest BCUT2D eigenvalue weighted by Crippen LogP contribution is -2.23. The van der Waals surface area contributed by atoms with E-state index in [1.807, 2.05) is 0 Å². The fraction of sp³-hybridized carbons (Fsp3) is 0.217. The highest BCUT2D eigenvalue weighted by Crippen LogP contribution is 2.37. The molecule has 0 atom stereocenters. The summed E-state index contributed by atoms with van der Waals surface area (Å²) in [5.74, 6) is -1.90. The molecule has 1 aliphatic carbocycles. The number of rotatable bonds is 3. The molecule has 0 bridgehead atoms. The number of ether oxygens (including phenoxy) is 1. The molecule has 10 heteroatoms. The maximum Gasteiger partial charge on any atom is 0.417 e. The number of methoxy groups -OCH3 is 1. The van der Waals surface area contributed by atoms with Gasteiger partial charge in [-0.25, -0.2) is 4.79 Å². The number of carbonyl (C=O) groups is 3. The van der Waals surface area contributed by atoms with Crippen molar-refractivity contribution in [2.45, 2.75) is 25.4 Å². The molecule has 6 nitrogen and oxygen atoms in total. The van der Waals surface area contributed by atoms with E-state index >= 15 is 0 Å². The number of aromatic nitrogens is 2. The molecule has 1 aliphatic rings. The number of ketones is 1. The lowest BCUT2D eigenvalue weighted by molar-refractivity contribution is -0.137. The van der Waals surface area contributed by atoms with Crippen molar-refractivity contribution in [1.82, 2.24) is 9.78 Å². The molecule has 0 amide bonds. The fourth-order valence-corrected chi connectivity index (χ4v) is 4.11. The molecule has 0 saturated heterocycles. The van der Waals surface area contributed by atoms with Gasteiger partial charge in [-0.15, -0.1) is 0 Å². The minimum atomic E-state index is -4.81. The molecule has 0 spiro atoms. The number of halogens is 4. The number of nitrogens with zero attached hydrogens (tertiary/aromatic N) is 2. The zero-order chi connectivity index (χ0) is 23.9. The number of Topliss-reactive ketones (excluding diaryl/α,β-unsaturated/α-hetero) is 1. The van der Waals surface area contributed by atoms with Crippen LogP contribution >= 0.6 is 11.6 Å². The largest absolute Gasteiger partial charge is 0.465 e. The van der Waals surface area contributed by atoms with Crippen LogP contribution in [0.1, 0.15) is 55.2 Å². The molecule has 0 fully saturated rings. The fourth-order valence-electron chi connectivity index (χ4n) is 3.85. The van der Waals surface area contributed by atoms with Crippen LogP contribution in [0, 0.1) is 0 Å². The summed E-state index contributed by atoms with van der Waals surface area (Å²) in [5, 5.41) is 3.88. The first-order valence-electron chi connectivity index (χ1n) is 9.87. The highest BCUT2D eigenvalue weighted by molar-refractivity contribution is 6.34. The minimum absolute atomic E-state index is 0.153. The second kappa shape index (κ2) is 8.47. The summed E-state index contributed by atoms with van der Waals surface area (Å²) in [6.45, 7) is 0. The van der Waals surface area contributed by atoms with Gasteiger partial charge in [0.25, 0.3) is 5.91 Å². The molecule has 0 unspecified atom stereocenters. The van der Waals surface area contributed by atoms with Crippen LogP contribution in [0.15, 0.2) is 42.5 Å². The number of benzene rings is 2. The summed E-state index contributed by atoms with van der Waals surface area (Å²) in [4.78, 5) is 37.7. The van der Waals surface area contributed by atoms with Crippen molar-refractivity contribution in [3.8, 4) is 11.3 Å². The van der Waals surface area contributed by atoms with Gasteiger partial charge in [-0.1, -0.05) is 29.8 Å². The first-order chi connectivity index (χ1) is 15.6. The Hall–Kier alpha value is -3.46. The third-order valence-electron chi connectivity index (χ3n) is 5.38. The highest BCUT2D eigenvalue weighted by atomic mass is 35.5. The van der Waals surface area contributed by atoms with Crippen LogP contribution in [0.4, 0.5) is 13.2 Å². The van der Waals surface area contributed by atoms with Crippen molar-refractivity contribution in [3.05, 3.63) is 75.4 Å². The van der Waals surface area contributed by atoms with Crippen LogP contribution in [0.25, 0.3) is 11.3 Å². The molecule has 2 aromatic carbocycles. The van der Waals surface area contributed by atoms with Gasteiger partial charge in [-0.3, -0.25) is 9.59 Å². The lowest BCUT2D eigenvalue weighted by Gasteiger charge is -2.16. The zero-order valence-electron chi connectivity index (χ0n) is 17.2. The number of hydrogen-bond donors (Lipinski definition) is 0. The van der Waals surface area contributed by atoms with Crippen molar-refractivity contribution < 1.29 is 32.3 Å². The quantitative estimate of drug-likeness (QED) is 0.484. The molecule has 170 valence electrons. The number of fused-ring (bicyclic) bond motifs is 1. The van der Waals surface area contributed by atoms with Crippen LogP contribution in [0.3, 0.4) is 0 Å². The predicted octanol–water partition coefficient (Wildman–Crippen LogP) is 5.22. The molecule has 3 aromatic rings. The summed E-state index contributed by atoms with van der Waals surface area (Å²) in [6, 6.07) is 9.07. The highest BCUT2D eigenvalue weighted by Gasteiger charge is 2.38. The van der Waals surface area contributed by atoms with Crippen molar-refractivity contribution in [3.63, 3.8) is 0 Å². The number of hydrogen-bond acceptors (Lipinski definition) is 5. The SMILES string of the molecule is COC(=O)c1ccc(-c2nn(C(=O)c3c(Cl)cccc3C(F)(F)F)c3c2C(=O)CCC3)cc1. The van der Waals surface area contributed by atoms with Gasteiger partial charge in [0, 0.05) is 12.0 Å². The van der Waals surface area contributed by atoms with E-state index in [2.05, 4.69) is 9.84 Å². The van der Waals surface area contributed by atoms with E-state index in [9.17, 15) is 27.6 Å². The van der Waals surface area contributed by atoms with E-state index < -0.39 is 29.2 Å². The van der Waals surface area contributed by atoms with Crippen molar-refractivity contribution in [2.24, 2.45) is 0 Å². The topological polar surface area (TPSA) is 78.3 Å². The Morgan fingerprint density at radius 2 is 1.79 bits per heavy atom. The smallest absolute Gasteiger partial charge is 0.417 e. The summed E-state index contributed by atoms with van der Waals surface area (Å²) >= 11 is 6.00. The Kier molecular flexibility index (Phi) is 5.84. The van der Waals surface area contributed by atoms with Gasteiger partial charge in [-0.05, 0) is 37.1 Å². The van der Waals surface area contributed by atoms with Crippen molar-refractivity contribution >= 4 is 29.3 Å². The summed E-state index contributed by atoms with van der Waals surface area (Å²) in [7, 11) is 1.24. The van der Waals surface area contributed by atoms with E-state index in [4.69, 9.17) is 11.6 Å². The average Bonchev–Trinajstić information content (AvgIpc) is 3.18. The minimum Gasteiger partial charge on any atom is -0.465 e. The van der Waals surface area contributed by atoms with Gasteiger partial charge in [0.1, 0.15) is 5.69 Å². The van der Waals surface area contributed by atoms with Crippen LogP contribution in [0.2, 0.25) is 5.02 Å². The first kappa shape index (κ1) is 22.7. The molecular weight excluding hydrogens is 461 g/mol. The molecule has 0 saturated carbocycles. The molecule has 1 aromatic heterocycles. The van der Waals surface area contributed by atoms with Gasteiger partial charge in [0.2, 0.25) is 0 Å². The molecule has 33 heavy (non-hydrogen) atoms. The van der Waals surface area contributed by atoms with Gasteiger partial charge < -0.3 is 4.74 Å². The zero-order valence-corrected chi connectivity index (χ0v) is 18.0. The van der Waals surface area contributed by atoms with E-state index in [0.29, 0.717) is 12.0 Å². The summed E-state index contributed by atoms with van der Waals surface area (Å²) in [6.07, 6.45) is -3.88. The van der Waals surface area contributed by atoms with E-state index in [1.54, 1.807) is 0 Å². The summed E-state index contributed by atoms with van der Waals surface area (Å²) < 4.78 is 46.2. The summed E-state index contributed by atoms with van der Waals surface area (Å²) in [5.41, 5.74) is -0.658. The van der Waals surface area contributed by atoms with Gasteiger partial charge in [0.05, 0.1) is 40.1 Å². The van der Waals surface area contributed by atoms with Crippen LogP contribution in [-0.2, 0) is 17.3 Å². The predicted molar refractivity (Wildman–Crippen MR) is 112 cm³/mol. The Balaban J connectivity index is 1.88. The second-order valence-electron chi connectivity index (χ2n) is 7.39. The number of carbonyl (C=O) groups excluding carboxylic acids is 3. The average molecular weight is 477 g/mol. The third kappa shape index (κ3) is 4.04. The molecule has 0 radical (unpaired) electrons. The van der Waals surface area contributed by atoms with Crippen LogP contribution in [0.5, 0.6) is 0 Å². The number of esters is 1. The Morgan fingerprint density at radius 1 is 1.09 bits per heavy atom. The van der Waals surface area contributed by atoms with Crippen LogP contribution < -0.4 is 0 Å². The van der Waals surface area contributed by atoms with E-state index in [-0.39, 0.29) is 46.2 Å². The maximum atomic E-state index is 13.6. The number of alkyl halides is 3. The van der Waals surface area contributed by atoms with Crippen molar-refractivity contribution in [1.29, 1.82) is 0 Å². The Bertz CT molecular complexity index is 1280. The van der Waals surface area contributed by atoms with E-state index in [0.717, 1.165) is 16.8 Å². The van der Waals surface area contributed by atoms with Gasteiger partial charge >= 0.3 is 12.1 Å².